The fraction of sp³-hybridized carbons (Fsp3) is 0.467. The normalized spacial score (nSPS) is 12.3. The Bertz CT molecular complexity index is 642. The van der Waals surface area contributed by atoms with Gasteiger partial charge >= 0.3 is 12.1 Å². The number of hydrogen-bond donors (Lipinski definition) is 2. The van der Waals surface area contributed by atoms with Crippen LogP contribution in [0, 0.1) is 11.6 Å². The number of amides is 1. The molecule has 134 valence electrons. The Morgan fingerprint density at radius 2 is 1.71 bits per heavy atom. The highest BCUT2D eigenvalue weighted by Crippen LogP contribution is 2.37. The first-order valence-corrected chi connectivity index (χ1v) is 6.84. The molecule has 9 heteroatoms. The van der Waals surface area contributed by atoms with Crippen LogP contribution in [0.2, 0.25) is 0 Å². The molecule has 0 saturated heterocycles. The first-order chi connectivity index (χ1) is 11.0. The lowest BCUT2D eigenvalue weighted by molar-refractivity contribution is -0.139. The molecule has 1 aromatic rings. The minimum absolute atomic E-state index is 0.514. The van der Waals surface area contributed by atoms with Crippen molar-refractivity contribution in [2.45, 2.75) is 32.4 Å². The van der Waals surface area contributed by atoms with E-state index in [0.29, 0.717) is 6.07 Å². The average molecular weight is 347 g/mol. The van der Waals surface area contributed by atoms with Gasteiger partial charge in [-0.3, -0.25) is 0 Å². The third kappa shape index (κ3) is 4.46. The SMILES string of the molecule is COc1c(F)cc(C(NC(=O)OC(C)(C)C)C(=O)O)c(F)c1OC. The molecule has 24 heavy (non-hydrogen) atoms. The van der Waals surface area contributed by atoms with E-state index in [9.17, 15) is 23.5 Å². The van der Waals surface area contributed by atoms with Gasteiger partial charge in [0.1, 0.15) is 5.60 Å². The van der Waals surface area contributed by atoms with Crippen LogP contribution >= 0.6 is 0 Å². The van der Waals surface area contributed by atoms with Crippen LogP contribution in [-0.2, 0) is 9.53 Å². The molecule has 0 aliphatic rings. The van der Waals surface area contributed by atoms with Crippen LogP contribution in [0.1, 0.15) is 32.4 Å². The van der Waals surface area contributed by atoms with Crippen molar-refractivity contribution in [2.24, 2.45) is 0 Å². The average Bonchev–Trinajstić information content (AvgIpc) is 2.44. The molecule has 1 rings (SSSR count). The summed E-state index contributed by atoms with van der Waals surface area (Å²) in [6, 6.07) is -1.26. The molecule has 0 spiro atoms. The Morgan fingerprint density at radius 1 is 1.17 bits per heavy atom. The highest BCUT2D eigenvalue weighted by atomic mass is 19.1. The van der Waals surface area contributed by atoms with E-state index >= 15 is 0 Å². The van der Waals surface area contributed by atoms with Crippen molar-refractivity contribution in [3.63, 3.8) is 0 Å². The van der Waals surface area contributed by atoms with Gasteiger partial charge in [0, 0.05) is 5.56 Å². The second-order valence-corrected chi connectivity index (χ2v) is 5.75. The predicted octanol–water partition coefficient (Wildman–Crippen LogP) is 2.63. The van der Waals surface area contributed by atoms with Crippen LogP contribution in [-0.4, -0.2) is 37.0 Å². The number of ether oxygens (including phenoxy) is 3. The summed E-state index contributed by atoms with van der Waals surface area (Å²) >= 11 is 0. The van der Waals surface area contributed by atoms with Crippen molar-refractivity contribution >= 4 is 12.1 Å². The van der Waals surface area contributed by atoms with Crippen LogP contribution in [0.5, 0.6) is 11.5 Å². The minimum atomic E-state index is -1.88. The lowest BCUT2D eigenvalue weighted by Crippen LogP contribution is -2.38. The third-order valence-corrected chi connectivity index (χ3v) is 2.79. The Hall–Kier alpha value is -2.58. The number of aliphatic carboxylic acids is 1. The van der Waals surface area contributed by atoms with Gasteiger partial charge in [-0.25, -0.2) is 18.4 Å². The number of methoxy groups -OCH3 is 2. The number of carboxylic acid groups (broad SMARTS) is 1. The highest BCUT2D eigenvalue weighted by molar-refractivity contribution is 5.82. The van der Waals surface area contributed by atoms with Crippen LogP contribution in [0.15, 0.2) is 6.07 Å². The maximum atomic E-state index is 14.5. The molecule has 0 aromatic heterocycles. The fourth-order valence-corrected chi connectivity index (χ4v) is 1.89. The maximum absolute atomic E-state index is 14.5. The van der Waals surface area contributed by atoms with Crippen LogP contribution in [0.25, 0.3) is 0 Å². The van der Waals surface area contributed by atoms with E-state index in [1.165, 1.54) is 0 Å². The second-order valence-electron chi connectivity index (χ2n) is 5.75. The lowest BCUT2D eigenvalue weighted by atomic mass is 10.0. The van der Waals surface area contributed by atoms with Crippen LogP contribution in [0.3, 0.4) is 0 Å². The zero-order valence-electron chi connectivity index (χ0n) is 13.9. The predicted molar refractivity (Wildman–Crippen MR) is 79.2 cm³/mol. The molecule has 7 nitrogen and oxygen atoms in total. The van der Waals surface area contributed by atoms with Gasteiger partial charge in [0.15, 0.2) is 29.2 Å². The first-order valence-electron chi connectivity index (χ1n) is 6.84. The van der Waals surface area contributed by atoms with Crippen molar-refractivity contribution in [3.8, 4) is 11.5 Å². The summed E-state index contributed by atoms with van der Waals surface area (Å²) in [5.74, 6) is -4.93. The number of hydrogen-bond acceptors (Lipinski definition) is 5. The van der Waals surface area contributed by atoms with E-state index in [1.54, 1.807) is 20.8 Å². The Kier molecular flexibility index (Phi) is 5.94. The lowest BCUT2D eigenvalue weighted by Gasteiger charge is -2.23. The van der Waals surface area contributed by atoms with Gasteiger partial charge in [-0.2, -0.15) is 0 Å². The first kappa shape index (κ1) is 19.5. The van der Waals surface area contributed by atoms with E-state index in [1.807, 2.05) is 5.32 Å². The largest absolute Gasteiger partial charge is 0.490 e. The number of halogens is 2. The van der Waals surface area contributed by atoms with Crippen LogP contribution in [0.4, 0.5) is 13.6 Å². The zero-order valence-corrected chi connectivity index (χ0v) is 13.9. The Labute approximate surface area is 137 Å². The monoisotopic (exact) mass is 347 g/mol. The van der Waals surface area contributed by atoms with Gasteiger partial charge in [-0.15, -0.1) is 0 Å². The van der Waals surface area contributed by atoms with Gasteiger partial charge in [0.25, 0.3) is 0 Å². The van der Waals surface area contributed by atoms with Gasteiger partial charge in [-0.1, -0.05) is 0 Å². The van der Waals surface area contributed by atoms with Crippen molar-refractivity contribution in [3.05, 3.63) is 23.3 Å². The number of carbonyl (C=O) groups excluding carboxylic acids is 1. The van der Waals surface area contributed by atoms with E-state index in [2.05, 4.69) is 0 Å². The molecule has 0 aliphatic carbocycles. The number of alkyl carbamates (subject to hydrolysis) is 1. The topological polar surface area (TPSA) is 94.1 Å². The maximum Gasteiger partial charge on any atom is 0.408 e. The highest BCUT2D eigenvalue weighted by Gasteiger charge is 2.32. The molecule has 0 radical (unpaired) electrons. The molecule has 1 amide bonds. The Morgan fingerprint density at radius 3 is 2.12 bits per heavy atom. The third-order valence-electron chi connectivity index (χ3n) is 2.79. The van der Waals surface area contributed by atoms with Crippen molar-refractivity contribution < 1.29 is 37.7 Å². The van der Waals surface area contributed by atoms with Gasteiger partial charge in [0.05, 0.1) is 14.2 Å². The van der Waals surface area contributed by atoms with Gasteiger partial charge in [-0.05, 0) is 26.8 Å². The zero-order chi connectivity index (χ0) is 18.7. The molecule has 0 fully saturated rings. The van der Waals surface area contributed by atoms with E-state index in [4.69, 9.17) is 14.2 Å². The molecule has 1 aromatic carbocycles. The van der Waals surface area contributed by atoms with Crippen molar-refractivity contribution in [1.82, 2.24) is 5.32 Å². The fourth-order valence-electron chi connectivity index (χ4n) is 1.89. The smallest absolute Gasteiger partial charge is 0.408 e. The van der Waals surface area contributed by atoms with Gasteiger partial charge in [0.2, 0.25) is 0 Å². The number of benzene rings is 1. The molecule has 1 unspecified atom stereocenters. The Balaban J connectivity index is 3.30. The van der Waals surface area contributed by atoms with Gasteiger partial charge < -0.3 is 24.6 Å². The summed E-state index contributed by atoms with van der Waals surface area (Å²) < 4.78 is 42.8. The summed E-state index contributed by atoms with van der Waals surface area (Å²) in [5, 5.41) is 11.2. The van der Waals surface area contributed by atoms with Crippen molar-refractivity contribution in [1.29, 1.82) is 0 Å². The standard InChI is InChI=1S/C15H19F2NO6/c1-15(2,3)24-14(21)18-10(13(19)20)7-6-8(16)11(22-4)12(23-5)9(7)17/h6,10H,1-5H3,(H,18,21)(H,19,20). The number of carbonyl (C=O) groups is 2. The summed E-state index contributed by atoms with van der Waals surface area (Å²) in [4.78, 5) is 23.1. The second kappa shape index (κ2) is 7.33. The summed E-state index contributed by atoms with van der Waals surface area (Å²) in [6.07, 6.45) is -1.09. The van der Waals surface area contributed by atoms with E-state index < -0.39 is 52.4 Å². The summed E-state index contributed by atoms with van der Waals surface area (Å²) in [5.41, 5.74) is -1.53. The molecule has 2 N–H and O–H groups in total. The van der Waals surface area contributed by atoms with E-state index in [-0.39, 0.29) is 0 Å². The molecule has 0 bridgehead atoms. The number of nitrogens with one attached hydrogen (secondary N) is 1. The molecule has 0 saturated carbocycles. The molecular formula is C15H19F2NO6. The molecular weight excluding hydrogens is 328 g/mol. The molecule has 0 heterocycles. The minimum Gasteiger partial charge on any atom is -0.490 e. The summed E-state index contributed by atoms with van der Waals surface area (Å²) in [6.45, 7) is 4.71. The number of carboxylic acids is 1. The molecule has 0 aliphatic heterocycles. The quantitative estimate of drug-likeness (QED) is 0.850. The molecule has 1 atom stereocenters. The van der Waals surface area contributed by atoms with Crippen molar-refractivity contribution in [2.75, 3.05) is 14.2 Å². The summed E-state index contributed by atoms with van der Waals surface area (Å²) in [7, 11) is 2.18. The van der Waals surface area contributed by atoms with Crippen LogP contribution < -0.4 is 14.8 Å². The number of rotatable bonds is 5. The van der Waals surface area contributed by atoms with E-state index in [0.717, 1.165) is 14.2 Å².